The van der Waals surface area contributed by atoms with E-state index in [1.165, 1.54) is 6.20 Å². The number of rotatable bonds is 10. The topological polar surface area (TPSA) is 189 Å². The molecular weight excluding hydrogens is 506 g/mol. The number of H-pyrrole nitrogens is 1. The van der Waals surface area contributed by atoms with Gasteiger partial charge in [0.1, 0.15) is 24.3 Å². The maximum Gasteiger partial charge on any atom is 0.330 e. The van der Waals surface area contributed by atoms with Crippen LogP contribution in [0.2, 0.25) is 0 Å². The molecule has 4 rings (SSSR count). The van der Waals surface area contributed by atoms with Crippen molar-refractivity contribution in [1.82, 2.24) is 20.2 Å². The van der Waals surface area contributed by atoms with Crippen LogP contribution in [0.3, 0.4) is 0 Å². The lowest BCUT2D eigenvalue weighted by molar-refractivity contribution is -0.130. The number of hydrogen-bond acceptors (Lipinski definition) is 8. The summed E-state index contributed by atoms with van der Waals surface area (Å²) in [6, 6.07) is 16.1. The molecule has 0 unspecified atom stereocenters. The first-order valence-electron chi connectivity index (χ1n) is 12.5. The van der Waals surface area contributed by atoms with Gasteiger partial charge in [-0.15, -0.1) is 0 Å². The maximum absolute atomic E-state index is 13.5. The molecule has 6 atom stereocenters. The highest BCUT2D eigenvalue weighted by atomic mass is 16.5. The van der Waals surface area contributed by atoms with Crippen LogP contribution in [0.25, 0.3) is 0 Å². The molecule has 3 aromatic rings. The molecule has 2 amide bonds. The number of ether oxygens (including phenoxy) is 1. The van der Waals surface area contributed by atoms with Gasteiger partial charge in [-0.2, -0.15) is 0 Å². The molecule has 0 saturated carbocycles. The number of aromatic amines is 1. The Balaban J connectivity index is 1.55. The second-order valence-electron chi connectivity index (χ2n) is 9.34. The Morgan fingerprint density at radius 3 is 2.18 bits per heavy atom. The summed E-state index contributed by atoms with van der Waals surface area (Å²) in [7, 11) is 0. The Morgan fingerprint density at radius 2 is 1.59 bits per heavy atom. The number of carbonyl (C=O) groups is 2. The second-order valence-corrected chi connectivity index (χ2v) is 9.34. The minimum absolute atomic E-state index is 0.118. The van der Waals surface area contributed by atoms with Gasteiger partial charge in [0.05, 0.1) is 12.6 Å². The van der Waals surface area contributed by atoms with Crippen molar-refractivity contribution in [1.29, 1.82) is 0 Å². The van der Waals surface area contributed by atoms with Crippen LogP contribution in [0.15, 0.2) is 82.5 Å². The minimum atomic E-state index is -1.39. The Hall–Kier alpha value is -4.10. The first-order chi connectivity index (χ1) is 18.8. The summed E-state index contributed by atoms with van der Waals surface area (Å²) in [4.78, 5) is 52.6. The largest absolute Gasteiger partial charge is 0.394 e. The normalized spacial score (nSPS) is 22.1. The molecule has 0 bridgehead atoms. The van der Waals surface area contributed by atoms with Crippen molar-refractivity contribution < 1.29 is 24.5 Å². The number of nitrogens with one attached hydrogen (secondary N) is 3. The fourth-order valence-corrected chi connectivity index (χ4v) is 4.48. The molecule has 12 nitrogen and oxygen atoms in total. The van der Waals surface area contributed by atoms with Crippen LogP contribution in [0, 0.1) is 0 Å². The molecule has 2 heterocycles. The first kappa shape index (κ1) is 27.9. The predicted octanol–water partition coefficient (Wildman–Crippen LogP) is -1.43. The fraction of sp³-hybridized carbons (Fsp3) is 0.333. The van der Waals surface area contributed by atoms with Gasteiger partial charge in [0, 0.05) is 18.7 Å². The summed E-state index contributed by atoms with van der Waals surface area (Å²) in [5.74, 6) is -1.20. The molecule has 7 N–H and O–H groups in total. The molecule has 0 aliphatic carbocycles. The zero-order valence-electron chi connectivity index (χ0n) is 21.0. The Bertz CT molecular complexity index is 1380. The zero-order valence-corrected chi connectivity index (χ0v) is 21.0. The standard InChI is InChI=1S/C27H31N5O7/c28-18(13-16-7-3-1-4-8-16)24(36)29-19(14-17-9-5-2-6-10-17)25(37)31-22-23(35)20(15-33)39-26(22)32-12-11-21(34)30-27(32)38/h1-12,18-20,22-23,26,33,35H,13-15,28H2,(H,29,36)(H,31,37)(H,30,34,38)/t18-,19-,20+,22+,23+,26+/m0/s1. The number of carbonyl (C=O) groups excluding carboxylic acids is 2. The van der Waals surface area contributed by atoms with E-state index in [-0.39, 0.29) is 12.8 Å². The minimum Gasteiger partial charge on any atom is -0.394 e. The smallest absolute Gasteiger partial charge is 0.330 e. The molecule has 206 valence electrons. The van der Waals surface area contributed by atoms with E-state index in [0.717, 1.165) is 21.8 Å². The average molecular weight is 538 g/mol. The average Bonchev–Trinajstić information content (AvgIpc) is 3.23. The fourth-order valence-electron chi connectivity index (χ4n) is 4.48. The number of nitrogens with zero attached hydrogens (tertiary/aromatic N) is 1. The first-order valence-corrected chi connectivity index (χ1v) is 12.5. The highest BCUT2D eigenvalue weighted by molar-refractivity contribution is 5.90. The zero-order chi connectivity index (χ0) is 27.9. The lowest BCUT2D eigenvalue weighted by atomic mass is 10.0. The molecule has 1 fully saturated rings. The summed E-state index contributed by atoms with van der Waals surface area (Å²) >= 11 is 0. The molecule has 0 spiro atoms. The highest BCUT2D eigenvalue weighted by Crippen LogP contribution is 2.28. The summed E-state index contributed by atoms with van der Waals surface area (Å²) in [5, 5.41) is 25.8. The number of nitrogens with two attached hydrogens (primary N) is 1. The number of hydrogen-bond donors (Lipinski definition) is 6. The molecule has 39 heavy (non-hydrogen) atoms. The van der Waals surface area contributed by atoms with Crippen LogP contribution >= 0.6 is 0 Å². The van der Waals surface area contributed by atoms with Crippen molar-refractivity contribution in [3.8, 4) is 0 Å². The van der Waals surface area contributed by atoms with E-state index < -0.39 is 66.2 Å². The monoisotopic (exact) mass is 537 g/mol. The highest BCUT2D eigenvalue weighted by Gasteiger charge is 2.46. The van der Waals surface area contributed by atoms with Crippen molar-refractivity contribution >= 4 is 11.8 Å². The summed E-state index contributed by atoms with van der Waals surface area (Å²) in [5.41, 5.74) is 6.31. The third-order valence-corrected chi connectivity index (χ3v) is 6.54. The van der Waals surface area contributed by atoms with E-state index in [0.29, 0.717) is 0 Å². The van der Waals surface area contributed by atoms with Crippen molar-refractivity contribution in [3.05, 3.63) is 105 Å². The summed E-state index contributed by atoms with van der Waals surface area (Å²) in [6.07, 6.45) is -2.19. The van der Waals surface area contributed by atoms with Crippen LogP contribution in [0.4, 0.5) is 0 Å². The molecule has 2 aromatic carbocycles. The van der Waals surface area contributed by atoms with Crippen molar-refractivity contribution in [2.45, 2.75) is 49.4 Å². The number of amides is 2. The quantitative estimate of drug-likeness (QED) is 0.181. The van der Waals surface area contributed by atoms with E-state index in [1.807, 2.05) is 36.4 Å². The van der Waals surface area contributed by atoms with Gasteiger partial charge in [0.25, 0.3) is 5.56 Å². The Kier molecular flexibility index (Phi) is 9.04. The van der Waals surface area contributed by atoms with E-state index in [9.17, 15) is 29.4 Å². The van der Waals surface area contributed by atoms with Gasteiger partial charge < -0.3 is 31.3 Å². The summed E-state index contributed by atoms with van der Waals surface area (Å²) < 4.78 is 6.65. The van der Waals surface area contributed by atoms with E-state index in [4.69, 9.17) is 10.5 Å². The van der Waals surface area contributed by atoms with Crippen LogP contribution < -0.4 is 27.6 Å². The summed E-state index contributed by atoms with van der Waals surface area (Å²) in [6.45, 7) is -0.583. The third kappa shape index (κ3) is 6.86. The SMILES string of the molecule is N[C@@H](Cc1ccccc1)C(=O)N[C@@H](Cc1ccccc1)C(=O)N[C@@H]1[C@H](O)[C@@H](CO)O[C@H]1n1ccc(=O)[nH]c1=O. The molecule has 12 heteroatoms. The molecule has 1 aliphatic heterocycles. The van der Waals surface area contributed by atoms with E-state index in [1.54, 1.807) is 24.3 Å². The molecule has 0 radical (unpaired) electrons. The number of aromatic nitrogens is 2. The van der Waals surface area contributed by atoms with Gasteiger partial charge in [0.2, 0.25) is 11.8 Å². The molecule has 1 saturated heterocycles. The van der Waals surface area contributed by atoms with Gasteiger partial charge in [-0.3, -0.25) is 23.9 Å². The van der Waals surface area contributed by atoms with Crippen molar-refractivity contribution in [2.75, 3.05) is 6.61 Å². The lowest BCUT2D eigenvalue weighted by Gasteiger charge is -2.27. The Morgan fingerprint density at radius 1 is 0.974 bits per heavy atom. The van der Waals surface area contributed by atoms with Crippen LogP contribution in [0.5, 0.6) is 0 Å². The van der Waals surface area contributed by atoms with E-state index >= 15 is 0 Å². The van der Waals surface area contributed by atoms with Gasteiger partial charge in [-0.25, -0.2) is 4.79 Å². The molecular formula is C27H31N5O7. The van der Waals surface area contributed by atoms with Gasteiger partial charge >= 0.3 is 5.69 Å². The maximum atomic E-state index is 13.5. The number of aliphatic hydroxyl groups is 2. The molecule has 1 aliphatic rings. The van der Waals surface area contributed by atoms with Crippen LogP contribution in [-0.2, 0) is 27.2 Å². The lowest BCUT2D eigenvalue weighted by Crippen LogP contribution is -2.57. The van der Waals surface area contributed by atoms with Gasteiger partial charge in [-0.05, 0) is 17.5 Å². The predicted molar refractivity (Wildman–Crippen MR) is 140 cm³/mol. The van der Waals surface area contributed by atoms with Gasteiger partial charge in [-0.1, -0.05) is 60.7 Å². The number of aliphatic hydroxyl groups excluding tert-OH is 2. The van der Waals surface area contributed by atoms with Crippen molar-refractivity contribution in [2.24, 2.45) is 5.73 Å². The van der Waals surface area contributed by atoms with Crippen molar-refractivity contribution in [3.63, 3.8) is 0 Å². The van der Waals surface area contributed by atoms with Crippen LogP contribution in [-0.4, -0.2) is 68.5 Å². The van der Waals surface area contributed by atoms with Crippen LogP contribution in [0.1, 0.15) is 17.4 Å². The Labute approximate surface area is 223 Å². The third-order valence-electron chi connectivity index (χ3n) is 6.54. The van der Waals surface area contributed by atoms with E-state index in [2.05, 4.69) is 15.6 Å². The van der Waals surface area contributed by atoms with Gasteiger partial charge in [0.15, 0.2) is 6.23 Å². The molecule has 1 aromatic heterocycles. The number of benzene rings is 2. The second kappa shape index (κ2) is 12.6.